The smallest absolute Gasteiger partial charge is 0.150 e. The Hall–Kier alpha value is -2.42. The number of nitrogens with one attached hydrogen (secondary N) is 1. The molecule has 3 aromatic rings. The molecular formula is C15H12N2O. The van der Waals surface area contributed by atoms with E-state index < -0.39 is 0 Å². The molecule has 0 amide bonds. The van der Waals surface area contributed by atoms with Crippen LogP contribution < -0.4 is 0 Å². The Morgan fingerprint density at radius 3 is 2.78 bits per heavy atom. The van der Waals surface area contributed by atoms with Crippen LogP contribution in [0.1, 0.15) is 15.9 Å². The van der Waals surface area contributed by atoms with Crippen molar-refractivity contribution >= 4 is 17.2 Å². The summed E-state index contributed by atoms with van der Waals surface area (Å²) in [5.74, 6) is 0. The molecule has 0 aliphatic carbocycles. The number of hydrogen-bond acceptors (Lipinski definition) is 2. The first-order valence-electron chi connectivity index (χ1n) is 5.79. The zero-order valence-corrected chi connectivity index (χ0v) is 9.97. The van der Waals surface area contributed by atoms with Crippen LogP contribution in [0.4, 0.5) is 0 Å². The van der Waals surface area contributed by atoms with Gasteiger partial charge in [0.05, 0.1) is 5.52 Å². The fourth-order valence-corrected chi connectivity index (χ4v) is 2.26. The van der Waals surface area contributed by atoms with Crippen molar-refractivity contribution in [2.24, 2.45) is 0 Å². The number of H-pyrrole nitrogens is 1. The van der Waals surface area contributed by atoms with E-state index in [4.69, 9.17) is 0 Å². The maximum absolute atomic E-state index is 11.1. The molecule has 1 aromatic heterocycles. The van der Waals surface area contributed by atoms with Gasteiger partial charge in [-0.15, -0.1) is 0 Å². The third kappa shape index (κ3) is 1.52. The maximum Gasteiger partial charge on any atom is 0.150 e. The number of aldehydes is 1. The number of aromatic nitrogens is 2. The lowest BCUT2D eigenvalue weighted by Crippen LogP contribution is -1.88. The molecule has 0 saturated heterocycles. The number of nitrogens with zero attached hydrogens (tertiary/aromatic N) is 1. The second-order valence-corrected chi connectivity index (χ2v) is 4.27. The summed E-state index contributed by atoms with van der Waals surface area (Å²) in [6.07, 6.45) is 0.869. The molecule has 3 rings (SSSR count). The van der Waals surface area contributed by atoms with Crippen LogP contribution in [0.3, 0.4) is 0 Å². The lowest BCUT2D eigenvalue weighted by atomic mass is 10.0. The molecule has 0 fully saturated rings. The Balaban J connectivity index is 2.35. The summed E-state index contributed by atoms with van der Waals surface area (Å²) in [5, 5.41) is 8.44. The van der Waals surface area contributed by atoms with E-state index in [1.807, 2.05) is 43.3 Å². The molecule has 88 valence electrons. The lowest BCUT2D eigenvalue weighted by Gasteiger charge is -2.03. The standard InChI is InChI=1S/C15H12N2O/c1-10-5-4-8-13-14(10)15(17-16-13)12-7-3-2-6-11(12)9-18/h2-9H,1H3,(H,16,17). The maximum atomic E-state index is 11.1. The minimum Gasteiger partial charge on any atom is -0.298 e. The molecule has 1 N–H and O–H groups in total. The molecule has 0 saturated carbocycles. The Kier molecular flexibility index (Phi) is 2.45. The van der Waals surface area contributed by atoms with E-state index in [1.54, 1.807) is 6.07 Å². The average molecular weight is 236 g/mol. The topological polar surface area (TPSA) is 45.8 Å². The summed E-state index contributed by atoms with van der Waals surface area (Å²) in [7, 11) is 0. The minimum absolute atomic E-state index is 0.661. The van der Waals surface area contributed by atoms with Crippen molar-refractivity contribution < 1.29 is 4.79 Å². The second kappa shape index (κ2) is 4.11. The van der Waals surface area contributed by atoms with Gasteiger partial charge in [0.2, 0.25) is 0 Å². The molecule has 18 heavy (non-hydrogen) atoms. The third-order valence-electron chi connectivity index (χ3n) is 3.14. The van der Waals surface area contributed by atoms with Crippen LogP contribution in [0, 0.1) is 6.92 Å². The molecule has 0 aliphatic heterocycles. The molecule has 0 bridgehead atoms. The summed E-state index contributed by atoms with van der Waals surface area (Å²) in [5.41, 5.74) is 4.51. The van der Waals surface area contributed by atoms with E-state index >= 15 is 0 Å². The predicted octanol–water partition coefficient (Wildman–Crippen LogP) is 3.35. The molecule has 1 heterocycles. The third-order valence-corrected chi connectivity index (χ3v) is 3.14. The highest BCUT2D eigenvalue weighted by Crippen LogP contribution is 2.30. The fourth-order valence-electron chi connectivity index (χ4n) is 2.26. The van der Waals surface area contributed by atoms with Gasteiger partial charge in [0.15, 0.2) is 6.29 Å². The number of carbonyl (C=O) groups excluding carboxylic acids is 1. The molecule has 2 aromatic carbocycles. The van der Waals surface area contributed by atoms with E-state index in [1.165, 1.54) is 0 Å². The lowest BCUT2D eigenvalue weighted by molar-refractivity contribution is 0.112. The number of carbonyl (C=O) groups is 1. The molecule has 0 atom stereocenters. The molecule has 3 heteroatoms. The molecule has 3 nitrogen and oxygen atoms in total. The van der Waals surface area contributed by atoms with Gasteiger partial charge < -0.3 is 0 Å². The number of hydrogen-bond donors (Lipinski definition) is 1. The predicted molar refractivity (Wildman–Crippen MR) is 71.7 cm³/mol. The van der Waals surface area contributed by atoms with Gasteiger partial charge in [-0.3, -0.25) is 9.89 Å². The van der Waals surface area contributed by atoms with Gasteiger partial charge in [-0.2, -0.15) is 5.10 Å². The van der Waals surface area contributed by atoms with Crippen molar-refractivity contribution in [3.05, 3.63) is 53.6 Å². The zero-order valence-electron chi connectivity index (χ0n) is 9.97. The zero-order chi connectivity index (χ0) is 12.5. The largest absolute Gasteiger partial charge is 0.298 e. The number of benzene rings is 2. The van der Waals surface area contributed by atoms with Crippen LogP contribution >= 0.6 is 0 Å². The van der Waals surface area contributed by atoms with E-state index in [2.05, 4.69) is 10.2 Å². The van der Waals surface area contributed by atoms with Gasteiger partial charge in [0, 0.05) is 16.5 Å². The van der Waals surface area contributed by atoms with Crippen molar-refractivity contribution in [2.45, 2.75) is 6.92 Å². The van der Waals surface area contributed by atoms with Crippen molar-refractivity contribution in [3.8, 4) is 11.3 Å². The quantitative estimate of drug-likeness (QED) is 0.693. The first kappa shape index (κ1) is 10.7. The van der Waals surface area contributed by atoms with Crippen LogP contribution in [0.5, 0.6) is 0 Å². The summed E-state index contributed by atoms with van der Waals surface area (Å²) in [6.45, 7) is 2.05. The molecule has 0 aliphatic rings. The summed E-state index contributed by atoms with van der Waals surface area (Å²) in [6, 6.07) is 13.5. The number of aromatic amines is 1. The highest BCUT2D eigenvalue weighted by molar-refractivity contribution is 5.99. The molecule has 0 unspecified atom stereocenters. The first-order valence-corrected chi connectivity index (χ1v) is 5.79. The van der Waals surface area contributed by atoms with Crippen LogP contribution in [0.2, 0.25) is 0 Å². The van der Waals surface area contributed by atoms with Crippen LogP contribution in [-0.4, -0.2) is 16.5 Å². The summed E-state index contributed by atoms with van der Waals surface area (Å²) in [4.78, 5) is 11.1. The number of aryl methyl sites for hydroxylation is 1. The van der Waals surface area contributed by atoms with Crippen LogP contribution in [0.15, 0.2) is 42.5 Å². The van der Waals surface area contributed by atoms with Gasteiger partial charge in [-0.25, -0.2) is 0 Å². The summed E-state index contributed by atoms with van der Waals surface area (Å²) >= 11 is 0. The van der Waals surface area contributed by atoms with Gasteiger partial charge in [-0.05, 0) is 18.6 Å². The monoisotopic (exact) mass is 236 g/mol. The molecule has 0 radical (unpaired) electrons. The Labute approximate surface area is 104 Å². The van der Waals surface area contributed by atoms with Gasteiger partial charge in [0.25, 0.3) is 0 Å². The van der Waals surface area contributed by atoms with E-state index in [9.17, 15) is 4.79 Å². The van der Waals surface area contributed by atoms with Gasteiger partial charge in [-0.1, -0.05) is 36.4 Å². The van der Waals surface area contributed by atoms with Crippen molar-refractivity contribution in [1.29, 1.82) is 0 Å². The van der Waals surface area contributed by atoms with Crippen LogP contribution in [-0.2, 0) is 0 Å². The Bertz CT molecular complexity index is 728. The number of fused-ring (bicyclic) bond motifs is 1. The second-order valence-electron chi connectivity index (χ2n) is 4.27. The van der Waals surface area contributed by atoms with Crippen LogP contribution in [0.25, 0.3) is 22.2 Å². The number of rotatable bonds is 2. The Morgan fingerprint density at radius 1 is 1.11 bits per heavy atom. The molecule has 0 spiro atoms. The van der Waals surface area contributed by atoms with Gasteiger partial charge in [0.1, 0.15) is 5.69 Å². The Morgan fingerprint density at radius 2 is 1.94 bits per heavy atom. The first-order chi connectivity index (χ1) is 8.81. The highest BCUT2D eigenvalue weighted by Gasteiger charge is 2.12. The fraction of sp³-hybridized carbons (Fsp3) is 0.0667. The average Bonchev–Trinajstić information content (AvgIpc) is 2.84. The van der Waals surface area contributed by atoms with E-state index in [-0.39, 0.29) is 0 Å². The normalized spacial score (nSPS) is 10.7. The van der Waals surface area contributed by atoms with Gasteiger partial charge >= 0.3 is 0 Å². The molecular weight excluding hydrogens is 224 g/mol. The van der Waals surface area contributed by atoms with E-state index in [0.29, 0.717) is 5.56 Å². The van der Waals surface area contributed by atoms with Crippen molar-refractivity contribution in [1.82, 2.24) is 10.2 Å². The van der Waals surface area contributed by atoms with Crippen molar-refractivity contribution in [3.63, 3.8) is 0 Å². The van der Waals surface area contributed by atoms with Crippen molar-refractivity contribution in [2.75, 3.05) is 0 Å². The van der Waals surface area contributed by atoms with E-state index in [0.717, 1.165) is 34.0 Å². The minimum atomic E-state index is 0.661. The summed E-state index contributed by atoms with van der Waals surface area (Å²) < 4.78 is 0. The highest BCUT2D eigenvalue weighted by atomic mass is 16.1. The SMILES string of the molecule is Cc1cccc2[nH]nc(-c3ccccc3C=O)c12.